The largest absolute Gasteiger partial charge is 0.374 e. The van der Waals surface area contributed by atoms with Crippen LogP contribution in [0.15, 0.2) is 0 Å². The highest BCUT2D eigenvalue weighted by molar-refractivity contribution is 5.20. The van der Waals surface area contributed by atoms with Crippen LogP contribution in [0.2, 0.25) is 0 Å². The van der Waals surface area contributed by atoms with Crippen LogP contribution in [-0.4, -0.2) is 12.2 Å². The van der Waals surface area contributed by atoms with Gasteiger partial charge in [-0.25, -0.2) is 0 Å². The molecule has 4 aliphatic carbocycles. The predicted octanol–water partition coefficient (Wildman–Crippen LogP) is 1.68. The average molecular weight is 162 g/mol. The first-order valence-corrected chi connectivity index (χ1v) is 5.59. The molecule has 0 aromatic heterocycles. The molecule has 0 amide bonds. The minimum Gasteiger partial charge on any atom is -0.374 e. The number of hydrogen-bond donors (Lipinski definition) is 0. The summed E-state index contributed by atoms with van der Waals surface area (Å²) in [7, 11) is 0. The summed E-state index contributed by atoms with van der Waals surface area (Å²) in [4.78, 5) is 0. The molecule has 1 saturated heterocycles. The molecule has 1 heterocycles. The molecule has 5 aliphatic rings. The Morgan fingerprint density at radius 2 is 1.25 bits per heavy atom. The molecule has 0 aromatic rings. The third-order valence-electron chi connectivity index (χ3n) is 5.84. The smallest absolute Gasteiger partial charge is 0.0616 e. The van der Waals surface area contributed by atoms with Crippen molar-refractivity contribution in [1.29, 1.82) is 0 Å². The quantitative estimate of drug-likeness (QED) is 0.526. The van der Waals surface area contributed by atoms with Crippen molar-refractivity contribution in [3.63, 3.8) is 0 Å². The molecule has 0 N–H and O–H groups in total. The lowest BCUT2D eigenvalue weighted by atomic mass is 9.80. The maximum atomic E-state index is 6.13. The molecular weight excluding hydrogens is 148 g/mol. The molecule has 12 heavy (non-hydrogen) atoms. The molecule has 5 rings (SSSR count). The van der Waals surface area contributed by atoms with Crippen molar-refractivity contribution in [1.82, 2.24) is 0 Å². The summed E-state index contributed by atoms with van der Waals surface area (Å²) in [6, 6.07) is 0. The van der Waals surface area contributed by atoms with E-state index in [1.807, 2.05) is 0 Å². The topological polar surface area (TPSA) is 9.23 Å². The molecule has 1 aliphatic heterocycles. The van der Waals surface area contributed by atoms with Crippen molar-refractivity contribution >= 4 is 0 Å². The Kier molecular flexibility index (Phi) is 0.654. The lowest BCUT2D eigenvalue weighted by molar-refractivity contribution is 0.0392. The average Bonchev–Trinajstić information content (AvgIpc) is 2.57. The van der Waals surface area contributed by atoms with E-state index in [1.54, 1.807) is 6.42 Å². The van der Waals surface area contributed by atoms with Gasteiger partial charge in [-0.2, -0.15) is 0 Å². The fourth-order valence-electron chi connectivity index (χ4n) is 5.87. The molecule has 0 radical (unpaired) electrons. The van der Waals surface area contributed by atoms with Gasteiger partial charge in [-0.1, -0.05) is 0 Å². The molecule has 64 valence electrons. The highest BCUT2D eigenvalue weighted by atomic mass is 16.5. The first-order chi connectivity index (χ1) is 5.93. The predicted molar refractivity (Wildman–Crippen MR) is 43.5 cm³/mol. The number of fused-ring (bicyclic) bond motifs is 1. The Labute approximate surface area is 72.5 Å². The van der Waals surface area contributed by atoms with E-state index in [0.29, 0.717) is 0 Å². The van der Waals surface area contributed by atoms with Gasteiger partial charge in [0.25, 0.3) is 0 Å². The van der Waals surface area contributed by atoms with E-state index < -0.39 is 0 Å². The molecule has 0 spiro atoms. The van der Waals surface area contributed by atoms with Gasteiger partial charge in [-0.3, -0.25) is 0 Å². The molecule has 1 heteroatoms. The first kappa shape index (κ1) is 5.64. The minimum atomic E-state index is 0.729. The molecular formula is C11H14O. The van der Waals surface area contributed by atoms with Crippen LogP contribution < -0.4 is 0 Å². The van der Waals surface area contributed by atoms with Crippen molar-refractivity contribution in [2.75, 3.05) is 0 Å². The summed E-state index contributed by atoms with van der Waals surface area (Å²) in [5.41, 5.74) is 0. The second-order valence-electron chi connectivity index (χ2n) is 5.73. The molecule has 1 nitrogen and oxygen atoms in total. The minimum absolute atomic E-state index is 0.729. The lowest BCUT2D eigenvalue weighted by Gasteiger charge is -2.23. The number of hydrogen-bond acceptors (Lipinski definition) is 1. The standard InChI is InChI=1S/C11H14O/c1-6-4-2-8-10(6)11-7(1)5(4)3-9(11)12-8/h4-11H,1-3H2/t4-,5-,6+,7+,8-,9+,10+,11-/m1/s1. The van der Waals surface area contributed by atoms with Crippen LogP contribution in [0.1, 0.15) is 19.3 Å². The Balaban J connectivity index is 1.87. The van der Waals surface area contributed by atoms with Gasteiger partial charge in [-0.15, -0.1) is 0 Å². The lowest BCUT2D eigenvalue weighted by Crippen LogP contribution is -2.22. The van der Waals surface area contributed by atoms with Gasteiger partial charge in [-0.05, 0) is 54.8 Å². The van der Waals surface area contributed by atoms with Gasteiger partial charge in [0.1, 0.15) is 0 Å². The number of ether oxygens (including phenoxy) is 1. The number of rotatable bonds is 0. The first-order valence-electron chi connectivity index (χ1n) is 5.59. The summed E-state index contributed by atoms with van der Waals surface area (Å²) in [5, 5.41) is 0. The van der Waals surface area contributed by atoms with Crippen molar-refractivity contribution in [2.45, 2.75) is 31.5 Å². The Morgan fingerprint density at radius 3 is 1.83 bits per heavy atom. The highest BCUT2D eigenvalue weighted by Gasteiger charge is 2.73. The van der Waals surface area contributed by atoms with E-state index in [-0.39, 0.29) is 0 Å². The molecule has 4 saturated carbocycles. The van der Waals surface area contributed by atoms with Crippen molar-refractivity contribution in [3.8, 4) is 0 Å². The molecule has 5 fully saturated rings. The Hall–Kier alpha value is -0.0400. The summed E-state index contributed by atoms with van der Waals surface area (Å²) in [6.45, 7) is 0. The van der Waals surface area contributed by atoms with E-state index in [1.165, 1.54) is 12.8 Å². The second kappa shape index (κ2) is 1.39. The second-order valence-corrected chi connectivity index (χ2v) is 5.73. The van der Waals surface area contributed by atoms with Crippen LogP contribution in [0.3, 0.4) is 0 Å². The van der Waals surface area contributed by atoms with Gasteiger partial charge in [0.05, 0.1) is 12.2 Å². The van der Waals surface area contributed by atoms with Gasteiger partial charge in [0.15, 0.2) is 0 Å². The van der Waals surface area contributed by atoms with Crippen LogP contribution >= 0.6 is 0 Å². The van der Waals surface area contributed by atoms with Crippen LogP contribution in [-0.2, 0) is 4.74 Å². The summed E-state index contributed by atoms with van der Waals surface area (Å²) >= 11 is 0. The molecule has 0 aromatic carbocycles. The molecule has 2 bridgehead atoms. The summed E-state index contributed by atoms with van der Waals surface area (Å²) in [5.74, 6) is 6.58. The van der Waals surface area contributed by atoms with E-state index in [2.05, 4.69) is 0 Å². The van der Waals surface area contributed by atoms with E-state index in [0.717, 1.165) is 47.7 Å². The van der Waals surface area contributed by atoms with Crippen LogP contribution in [0, 0.1) is 35.5 Å². The zero-order valence-corrected chi connectivity index (χ0v) is 7.15. The zero-order chi connectivity index (χ0) is 7.45. The molecule has 0 unspecified atom stereocenters. The van der Waals surface area contributed by atoms with Crippen LogP contribution in [0.4, 0.5) is 0 Å². The van der Waals surface area contributed by atoms with Crippen molar-refractivity contribution in [3.05, 3.63) is 0 Å². The SMILES string of the molecule is C1[C@H]2[C@@H]3C[C@H]4O[C@H]5C[C@H]3[C@H]1[C@H]5[C@@H]24. The van der Waals surface area contributed by atoms with Crippen molar-refractivity contribution in [2.24, 2.45) is 35.5 Å². The fraction of sp³-hybridized carbons (Fsp3) is 1.00. The van der Waals surface area contributed by atoms with Gasteiger partial charge < -0.3 is 4.74 Å². The van der Waals surface area contributed by atoms with Crippen LogP contribution in [0.5, 0.6) is 0 Å². The van der Waals surface area contributed by atoms with Crippen LogP contribution in [0.25, 0.3) is 0 Å². The summed E-state index contributed by atoms with van der Waals surface area (Å²) < 4.78 is 6.13. The van der Waals surface area contributed by atoms with Gasteiger partial charge >= 0.3 is 0 Å². The zero-order valence-electron chi connectivity index (χ0n) is 7.15. The van der Waals surface area contributed by atoms with E-state index >= 15 is 0 Å². The fourth-order valence-corrected chi connectivity index (χ4v) is 5.87. The normalized spacial score (nSPS) is 80.0. The third-order valence-corrected chi connectivity index (χ3v) is 5.84. The summed E-state index contributed by atoms with van der Waals surface area (Å²) in [6.07, 6.45) is 5.95. The molecule has 8 atom stereocenters. The maximum absolute atomic E-state index is 6.13. The third kappa shape index (κ3) is 0.348. The van der Waals surface area contributed by atoms with E-state index in [9.17, 15) is 0 Å². The highest BCUT2D eigenvalue weighted by Crippen LogP contribution is 2.74. The van der Waals surface area contributed by atoms with Crippen molar-refractivity contribution < 1.29 is 4.74 Å². The van der Waals surface area contributed by atoms with Gasteiger partial charge in [0, 0.05) is 0 Å². The van der Waals surface area contributed by atoms with E-state index in [4.69, 9.17) is 4.74 Å². The monoisotopic (exact) mass is 162 g/mol. The Morgan fingerprint density at radius 1 is 0.667 bits per heavy atom. The maximum Gasteiger partial charge on any atom is 0.0616 e. The Bertz CT molecular complexity index is 244. The van der Waals surface area contributed by atoms with Gasteiger partial charge in [0.2, 0.25) is 0 Å².